The van der Waals surface area contributed by atoms with Gasteiger partial charge in [-0.3, -0.25) is 19.2 Å². The quantitative estimate of drug-likeness (QED) is 0.130. The number of hydrogen-bond acceptors (Lipinski definition) is 10. The molecule has 1 saturated heterocycles. The van der Waals surface area contributed by atoms with E-state index in [-0.39, 0.29) is 34.4 Å². The van der Waals surface area contributed by atoms with Crippen LogP contribution in [0.5, 0.6) is 5.75 Å². The van der Waals surface area contributed by atoms with E-state index in [1.54, 1.807) is 18.2 Å². The molecule has 0 radical (unpaired) electrons. The van der Waals surface area contributed by atoms with Crippen molar-refractivity contribution in [1.29, 1.82) is 0 Å². The van der Waals surface area contributed by atoms with Gasteiger partial charge in [0.1, 0.15) is 11.4 Å². The van der Waals surface area contributed by atoms with Gasteiger partial charge in [0, 0.05) is 85.4 Å². The highest BCUT2D eigenvalue weighted by atomic mass is 35.5. The number of allylic oxidation sites excluding steroid dienone is 1. The molecular formula is C47H60BClN4O7S. The minimum Gasteiger partial charge on any atom is -0.490 e. The Kier molecular flexibility index (Phi) is 12.5. The minimum absolute atomic E-state index is 0.0386. The second-order valence-corrected chi connectivity index (χ2v) is 21.2. The molecule has 1 saturated carbocycles. The summed E-state index contributed by atoms with van der Waals surface area (Å²) in [7, 11) is -2.90. The van der Waals surface area contributed by atoms with Gasteiger partial charge in [-0.05, 0) is 135 Å². The Morgan fingerprint density at radius 3 is 2.56 bits per heavy atom. The number of piperazine rings is 1. The average molecular weight is 871 g/mol. The number of rotatable bonds is 6. The van der Waals surface area contributed by atoms with Crippen molar-refractivity contribution in [1.82, 2.24) is 9.62 Å². The van der Waals surface area contributed by atoms with Crippen molar-refractivity contribution in [2.45, 2.75) is 75.6 Å². The highest BCUT2D eigenvalue weighted by Crippen LogP contribution is 2.49. The summed E-state index contributed by atoms with van der Waals surface area (Å²) in [6, 6.07) is 17.1. The second kappa shape index (κ2) is 17.4. The molecule has 3 heterocycles. The Morgan fingerprint density at radius 1 is 1.07 bits per heavy atom. The number of methoxy groups -OCH3 is 1. The van der Waals surface area contributed by atoms with E-state index in [4.69, 9.17) is 21.1 Å². The fourth-order valence-electron chi connectivity index (χ4n) is 10.7. The summed E-state index contributed by atoms with van der Waals surface area (Å²) in [6.45, 7) is 11.1. The Morgan fingerprint density at radius 2 is 1.85 bits per heavy atom. The van der Waals surface area contributed by atoms with Gasteiger partial charge in [-0.2, -0.15) is 0 Å². The van der Waals surface area contributed by atoms with Crippen molar-refractivity contribution in [2.24, 2.45) is 17.8 Å². The Balaban J connectivity index is 1.13. The first-order valence-corrected chi connectivity index (χ1v) is 24.0. The number of nitrogens with zero attached hydrogens (tertiary/aromatic N) is 3. The smallest absolute Gasteiger partial charge is 0.489 e. The van der Waals surface area contributed by atoms with Crippen LogP contribution in [0.4, 0.5) is 11.4 Å². The molecule has 3 aliphatic heterocycles. The molecule has 326 valence electrons. The van der Waals surface area contributed by atoms with Gasteiger partial charge < -0.3 is 29.3 Å². The fourth-order valence-corrected chi connectivity index (χ4v) is 12.4. The molecular weight excluding hydrogens is 811 g/mol. The molecule has 3 aromatic rings. The number of aryl methyl sites for hydroxylation is 1. The number of fused-ring (bicyclic) bond motifs is 4. The van der Waals surface area contributed by atoms with Crippen molar-refractivity contribution >= 4 is 62.8 Å². The van der Waals surface area contributed by atoms with Crippen LogP contribution in [0.2, 0.25) is 5.02 Å². The summed E-state index contributed by atoms with van der Waals surface area (Å²) < 4.78 is 30.5. The topological polar surface area (TPSA) is 132 Å². The molecule has 8 rings (SSSR count). The molecule has 3 N–H and O–H groups in total. The summed E-state index contributed by atoms with van der Waals surface area (Å²) >= 11 is 6.54. The predicted octanol–water partition coefficient (Wildman–Crippen LogP) is 5.27. The van der Waals surface area contributed by atoms with Gasteiger partial charge in [-0.1, -0.05) is 42.8 Å². The van der Waals surface area contributed by atoms with E-state index in [1.165, 1.54) is 18.1 Å². The molecule has 1 spiro atoms. The third-order valence-electron chi connectivity index (χ3n) is 14.7. The van der Waals surface area contributed by atoms with Crippen LogP contribution >= 0.6 is 11.6 Å². The van der Waals surface area contributed by atoms with Gasteiger partial charge in [-0.25, -0.2) is 4.21 Å². The fraction of sp³-hybridized carbons (Fsp3) is 0.511. The monoisotopic (exact) mass is 870 g/mol. The molecule has 0 aromatic heterocycles. The molecule has 14 heteroatoms. The van der Waals surface area contributed by atoms with Crippen LogP contribution in [-0.4, -0.2) is 114 Å². The third kappa shape index (κ3) is 8.63. The molecule has 2 bridgehead atoms. The zero-order valence-electron chi connectivity index (χ0n) is 35.9. The van der Waals surface area contributed by atoms with Gasteiger partial charge in [0.25, 0.3) is 5.91 Å². The standard InChI is InChI=1S/C47H60BClN4O7S/c1-31-8-6-19-47(59-4,29-51-20-22-52(23-21-51)38-13-16-42(48(56)57)39(26-38)32(2)54)41-14-10-36(41)27-53-28-46(18-7-9-34-24-37(49)12-15-40(34)46)30-60-44-17-11-35(25-43(44)53)45(55)50-61(5,58)33(31)3/h6,11-13,15-17,19,24-26,31,33,36,41,56-57H,5,7-10,14,18,20-23,27-30H2,1-4H3,(H,50,55,58)/b19-6+/t31-,33+,36-,41+,46-,47+,61?/m0/s1. The van der Waals surface area contributed by atoms with Crippen molar-refractivity contribution in [3.8, 4) is 5.75 Å². The number of anilines is 2. The third-order valence-corrected chi connectivity index (χ3v) is 17.1. The molecule has 7 atom stereocenters. The summed E-state index contributed by atoms with van der Waals surface area (Å²) in [5, 5.41) is 20.1. The van der Waals surface area contributed by atoms with E-state index in [0.717, 1.165) is 87.0 Å². The van der Waals surface area contributed by atoms with Crippen molar-refractivity contribution in [2.75, 3.05) is 69.3 Å². The number of nitrogens with one attached hydrogen (secondary N) is 1. The maximum Gasteiger partial charge on any atom is 0.489 e. The van der Waals surface area contributed by atoms with Gasteiger partial charge in [-0.15, -0.1) is 0 Å². The number of amides is 1. The van der Waals surface area contributed by atoms with Gasteiger partial charge in [0.2, 0.25) is 0 Å². The Bertz CT molecular complexity index is 2300. The van der Waals surface area contributed by atoms with Crippen LogP contribution in [0, 0.1) is 17.8 Å². The minimum atomic E-state index is -3.02. The van der Waals surface area contributed by atoms with Crippen LogP contribution in [-0.2, 0) is 26.3 Å². The van der Waals surface area contributed by atoms with Crippen LogP contribution in [0.25, 0.3) is 0 Å². The Labute approximate surface area is 366 Å². The number of ketones is 1. The lowest BCUT2D eigenvalue weighted by Gasteiger charge is -2.52. The number of ether oxygens (including phenoxy) is 2. The lowest BCUT2D eigenvalue weighted by Crippen LogP contribution is -2.59. The average Bonchev–Trinajstić information content (AvgIpc) is 3.37. The van der Waals surface area contributed by atoms with Crippen molar-refractivity contribution < 1.29 is 33.3 Å². The van der Waals surface area contributed by atoms with Crippen molar-refractivity contribution in [3.05, 3.63) is 94.0 Å². The molecule has 5 aliphatic rings. The van der Waals surface area contributed by atoms with E-state index in [1.807, 2.05) is 38.3 Å². The van der Waals surface area contributed by atoms with Crippen molar-refractivity contribution in [3.63, 3.8) is 0 Å². The maximum atomic E-state index is 14.2. The molecule has 3 aromatic carbocycles. The SMILES string of the molecule is C=S1(=O)NC(=O)c2ccc3c(c2)N(C[C@@H]2CC[C@H]2[C@@](CN2CCN(c4ccc(B(O)O)c(C(C)=O)c4)CC2)(OC)/C=C/C[C@H](C)[C@H]1C)C[C@@]1(CCCc2cc(Cl)ccc21)CO3. The van der Waals surface area contributed by atoms with Crippen LogP contribution in [0.3, 0.4) is 0 Å². The highest BCUT2D eigenvalue weighted by molar-refractivity contribution is 7.99. The molecule has 1 unspecified atom stereocenters. The number of Topliss-reactive ketones (excluding diaryl/α,β-unsaturated/α-hetero) is 1. The molecule has 2 aliphatic carbocycles. The summed E-state index contributed by atoms with van der Waals surface area (Å²) in [5.41, 5.74) is 4.36. The first kappa shape index (κ1) is 43.8. The van der Waals surface area contributed by atoms with E-state index < -0.39 is 33.6 Å². The maximum absolute atomic E-state index is 14.2. The summed E-state index contributed by atoms with van der Waals surface area (Å²) in [6.07, 6.45) is 10.1. The summed E-state index contributed by atoms with van der Waals surface area (Å²) in [5.74, 6) is 4.64. The molecule has 2 fully saturated rings. The highest BCUT2D eigenvalue weighted by Gasteiger charge is 2.50. The molecule has 1 amide bonds. The number of halogens is 1. The van der Waals surface area contributed by atoms with E-state index in [0.29, 0.717) is 37.2 Å². The van der Waals surface area contributed by atoms with E-state index >= 15 is 0 Å². The van der Waals surface area contributed by atoms with Crippen LogP contribution < -0.4 is 24.7 Å². The molecule has 11 nitrogen and oxygen atoms in total. The van der Waals surface area contributed by atoms with Gasteiger partial charge in [0.05, 0.1) is 22.0 Å². The first-order chi connectivity index (χ1) is 29.1. The summed E-state index contributed by atoms with van der Waals surface area (Å²) in [4.78, 5) is 33.5. The Hall–Kier alpha value is -3.85. The largest absolute Gasteiger partial charge is 0.490 e. The van der Waals surface area contributed by atoms with E-state index in [2.05, 4.69) is 56.5 Å². The van der Waals surface area contributed by atoms with Gasteiger partial charge in [0.15, 0.2) is 5.78 Å². The van der Waals surface area contributed by atoms with Gasteiger partial charge >= 0.3 is 7.12 Å². The zero-order valence-corrected chi connectivity index (χ0v) is 37.5. The van der Waals surface area contributed by atoms with E-state index in [9.17, 15) is 23.8 Å². The van der Waals surface area contributed by atoms with Crippen LogP contribution in [0.1, 0.15) is 84.7 Å². The number of carbonyl (C=O) groups is 2. The zero-order chi connectivity index (χ0) is 43.3. The van der Waals surface area contributed by atoms with Crippen LogP contribution in [0.15, 0.2) is 66.7 Å². The lowest BCUT2D eigenvalue weighted by atomic mass is 9.63. The predicted molar refractivity (Wildman–Crippen MR) is 246 cm³/mol. The molecule has 61 heavy (non-hydrogen) atoms. The lowest BCUT2D eigenvalue weighted by molar-refractivity contribution is -0.0919. The number of benzene rings is 3. The number of hydrogen-bond donors (Lipinski definition) is 3. The second-order valence-electron chi connectivity index (χ2n) is 18.3. The first-order valence-electron chi connectivity index (χ1n) is 21.8. The normalized spacial score (nSPS) is 31.2. The number of carbonyl (C=O) groups excluding carboxylic acids is 2.